The highest BCUT2D eigenvalue weighted by Crippen LogP contribution is 2.24. The van der Waals surface area contributed by atoms with Crippen LogP contribution in [0, 0.1) is 5.82 Å². The summed E-state index contributed by atoms with van der Waals surface area (Å²) >= 11 is 0. The highest BCUT2D eigenvalue weighted by atomic mass is 19.1. The van der Waals surface area contributed by atoms with E-state index in [1.165, 1.54) is 17.7 Å². The normalized spacial score (nSPS) is 14.8. The maximum atomic E-state index is 12.9. The van der Waals surface area contributed by atoms with Crippen LogP contribution in [-0.4, -0.2) is 13.1 Å². The van der Waals surface area contributed by atoms with E-state index < -0.39 is 0 Å². The van der Waals surface area contributed by atoms with E-state index in [9.17, 15) is 4.39 Å². The molecule has 0 aromatic heterocycles. The molecular formula is C18H18FNO. The molecule has 1 aliphatic rings. The summed E-state index contributed by atoms with van der Waals surface area (Å²) in [7, 11) is 0. The van der Waals surface area contributed by atoms with Crippen LogP contribution in [0.3, 0.4) is 0 Å². The second-order valence-corrected chi connectivity index (χ2v) is 5.18. The number of rotatable bonds is 3. The Morgan fingerprint density at radius 2 is 1.71 bits per heavy atom. The highest BCUT2D eigenvalue weighted by molar-refractivity contribution is 5.55. The zero-order chi connectivity index (χ0) is 14.5. The summed E-state index contributed by atoms with van der Waals surface area (Å²) in [6.07, 6.45) is 4.43. The predicted octanol–water partition coefficient (Wildman–Crippen LogP) is 4.38. The van der Waals surface area contributed by atoms with Crippen molar-refractivity contribution in [2.45, 2.75) is 12.8 Å². The lowest BCUT2D eigenvalue weighted by Crippen LogP contribution is -2.22. The lowest BCUT2D eigenvalue weighted by atomic mass is 10.0. The molecule has 2 aromatic carbocycles. The van der Waals surface area contributed by atoms with E-state index in [4.69, 9.17) is 4.74 Å². The van der Waals surface area contributed by atoms with Crippen LogP contribution in [0.1, 0.15) is 18.4 Å². The molecule has 1 N–H and O–H groups in total. The second-order valence-electron chi connectivity index (χ2n) is 5.18. The number of ether oxygens (including phenoxy) is 1. The Morgan fingerprint density at radius 1 is 0.952 bits per heavy atom. The molecule has 0 atom stereocenters. The number of hydrogen-bond donors (Lipinski definition) is 1. The molecule has 0 spiro atoms. The molecule has 2 aromatic rings. The first-order valence-electron chi connectivity index (χ1n) is 7.23. The van der Waals surface area contributed by atoms with Crippen molar-refractivity contribution in [1.29, 1.82) is 0 Å². The van der Waals surface area contributed by atoms with Crippen LogP contribution in [0.4, 0.5) is 4.39 Å². The maximum absolute atomic E-state index is 12.9. The number of piperidine rings is 1. The third kappa shape index (κ3) is 3.92. The molecule has 0 amide bonds. The molecule has 3 heteroatoms. The molecular weight excluding hydrogens is 265 g/mol. The van der Waals surface area contributed by atoms with Crippen molar-refractivity contribution in [3.63, 3.8) is 0 Å². The Kier molecular flexibility index (Phi) is 4.31. The minimum Gasteiger partial charge on any atom is -0.457 e. The van der Waals surface area contributed by atoms with Gasteiger partial charge in [0.05, 0.1) is 0 Å². The van der Waals surface area contributed by atoms with Gasteiger partial charge in [0.1, 0.15) is 17.3 Å². The predicted molar refractivity (Wildman–Crippen MR) is 83.0 cm³/mol. The van der Waals surface area contributed by atoms with Crippen molar-refractivity contribution in [1.82, 2.24) is 5.32 Å². The first kappa shape index (κ1) is 13.8. The van der Waals surface area contributed by atoms with Gasteiger partial charge in [-0.15, -0.1) is 0 Å². The van der Waals surface area contributed by atoms with E-state index in [-0.39, 0.29) is 5.82 Å². The van der Waals surface area contributed by atoms with E-state index in [2.05, 4.69) is 17.5 Å². The van der Waals surface area contributed by atoms with Gasteiger partial charge in [-0.05, 0) is 67.9 Å². The average molecular weight is 283 g/mol. The second kappa shape index (κ2) is 6.55. The Hall–Kier alpha value is -2.13. The molecule has 3 rings (SSSR count). The van der Waals surface area contributed by atoms with E-state index >= 15 is 0 Å². The molecule has 1 fully saturated rings. The smallest absolute Gasteiger partial charge is 0.128 e. The summed E-state index contributed by atoms with van der Waals surface area (Å²) in [5.41, 5.74) is 2.61. The lowest BCUT2D eigenvalue weighted by Gasteiger charge is -2.15. The molecule has 1 aliphatic heterocycles. The maximum Gasteiger partial charge on any atom is 0.128 e. The van der Waals surface area contributed by atoms with E-state index in [0.717, 1.165) is 37.2 Å². The standard InChI is InChI=1S/C18H18FNO/c19-16-4-6-17(7-5-16)21-18-3-1-2-15(13-18)12-14-8-10-20-11-9-14/h1-7,12-13,20H,8-11H2. The number of halogens is 1. The molecule has 1 saturated heterocycles. The van der Waals surface area contributed by atoms with Gasteiger partial charge in [-0.25, -0.2) is 4.39 Å². The van der Waals surface area contributed by atoms with Gasteiger partial charge < -0.3 is 10.1 Å². The van der Waals surface area contributed by atoms with Crippen LogP contribution in [0.2, 0.25) is 0 Å². The molecule has 0 unspecified atom stereocenters. The SMILES string of the molecule is Fc1ccc(Oc2cccc(C=C3CCNCC3)c2)cc1. The van der Waals surface area contributed by atoms with Crippen LogP contribution in [0.25, 0.3) is 6.08 Å². The zero-order valence-corrected chi connectivity index (χ0v) is 11.8. The van der Waals surface area contributed by atoms with Crippen molar-refractivity contribution in [2.24, 2.45) is 0 Å². The summed E-state index contributed by atoms with van der Waals surface area (Å²) in [6, 6.07) is 14.0. The number of hydrogen-bond acceptors (Lipinski definition) is 2. The van der Waals surface area contributed by atoms with Gasteiger partial charge in [-0.3, -0.25) is 0 Å². The van der Waals surface area contributed by atoms with Crippen molar-refractivity contribution >= 4 is 6.08 Å². The third-order valence-electron chi connectivity index (χ3n) is 3.52. The van der Waals surface area contributed by atoms with E-state index in [1.54, 1.807) is 12.1 Å². The van der Waals surface area contributed by atoms with Crippen LogP contribution < -0.4 is 10.1 Å². The van der Waals surface area contributed by atoms with Crippen LogP contribution >= 0.6 is 0 Å². The van der Waals surface area contributed by atoms with E-state index in [1.807, 2.05) is 18.2 Å². The van der Waals surface area contributed by atoms with Gasteiger partial charge in [0, 0.05) is 0 Å². The lowest BCUT2D eigenvalue weighted by molar-refractivity contribution is 0.480. The van der Waals surface area contributed by atoms with E-state index in [0.29, 0.717) is 5.75 Å². The monoisotopic (exact) mass is 283 g/mol. The van der Waals surface area contributed by atoms with Crippen LogP contribution in [0.15, 0.2) is 54.1 Å². The summed E-state index contributed by atoms with van der Waals surface area (Å²) in [6.45, 7) is 2.11. The molecule has 0 aliphatic carbocycles. The molecule has 0 radical (unpaired) electrons. The van der Waals surface area contributed by atoms with Gasteiger partial charge in [0.25, 0.3) is 0 Å². The van der Waals surface area contributed by atoms with Crippen molar-refractivity contribution in [3.05, 3.63) is 65.5 Å². The van der Waals surface area contributed by atoms with Gasteiger partial charge >= 0.3 is 0 Å². The topological polar surface area (TPSA) is 21.3 Å². The third-order valence-corrected chi connectivity index (χ3v) is 3.52. The average Bonchev–Trinajstić information content (AvgIpc) is 2.51. The van der Waals surface area contributed by atoms with Crippen LogP contribution in [0.5, 0.6) is 11.5 Å². The number of nitrogens with one attached hydrogen (secondary N) is 1. The minimum atomic E-state index is -0.258. The quantitative estimate of drug-likeness (QED) is 0.902. The molecule has 2 nitrogen and oxygen atoms in total. The summed E-state index contributed by atoms with van der Waals surface area (Å²) in [5.74, 6) is 1.15. The first-order chi connectivity index (χ1) is 10.3. The Labute approximate surface area is 124 Å². The summed E-state index contributed by atoms with van der Waals surface area (Å²) < 4.78 is 18.6. The van der Waals surface area contributed by atoms with Gasteiger partial charge in [0.2, 0.25) is 0 Å². The van der Waals surface area contributed by atoms with Crippen LogP contribution in [-0.2, 0) is 0 Å². The Balaban J connectivity index is 1.75. The zero-order valence-electron chi connectivity index (χ0n) is 11.8. The number of benzene rings is 2. The summed E-state index contributed by atoms with van der Waals surface area (Å²) in [5, 5.41) is 3.35. The Morgan fingerprint density at radius 3 is 2.48 bits per heavy atom. The molecule has 108 valence electrons. The van der Waals surface area contributed by atoms with Gasteiger partial charge in [-0.1, -0.05) is 23.8 Å². The van der Waals surface area contributed by atoms with Crippen molar-refractivity contribution in [3.8, 4) is 11.5 Å². The molecule has 0 saturated carbocycles. The van der Waals surface area contributed by atoms with Gasteiger partial charge in [-0.2, -0.15) is 0 Å². The summed E-state index contributed by atoms with van der Waals surface area (Å²) in [4.78, 5) is 0. The fourth-order valence-corrected chi connectivity index (χ4v) is 2.43. The Bertz CT molecular complexity index is 626. The van der Waals surface area contributed by atoms with Gasteiger partial charge in [0.15, 0.2) is 0 Å². The molecule has 0 bridgehead atoms. The largest absolute Gasteiger partial charge is 0.457 e. The minimum absolute atomic E-state index is 0.258. The molecule has 21 heavy (non-hydrogen) atoms. The van der Waals surface area contributed by atoms with Crippen molar-refractivity contribution < 1.29 is 9.13 Å². The first-order valence-corrected chi connectivity index (χ1v) is 7.23. The highest BCUT2D eigenvalue weighted by Gasteiger charge is 2.05. The fraction of sp³-hybridized carbons (Fsp3) is 0.222. The fourth-order valence-electron chi connectivity index (χ4n) is 2.43. The molecule has 1 heterocycles. The van der Waals surface area contributed by atoms with Crippen molar-refractivity contribution in [2.75, 3.05) is 13.1 Å².